The molecule has 0 radical (unpaired) electrons. The predicted octanol–water partition coefficient (Wildman–Crippen LogP) is 2.06. The molecule has 0 bridgehead atoms. The van der Waals surface area contributed by atoms with Gasteiger partial charge in [-0.1, -0.05) is 24.3 Å². The number of amides is 3. The molecule has 2 aromatic carbocycles. The fourth-order valence-electron chi connectivity index (χ4n) is 3.48. The van der Waals surface area contributed by atoms with E-state index in [1.54, 1.807) is 30.3 Å². The highest BCUT2D eigenvalue weighted by molar-refractivity contribution is 6.22. The summed E-state index contributed by atoms with van der Waals surface area (Å²) in [7, 11) is 0. The van der Waals surface area contributed by atoms with Crippen molar-refractivity contribution in [3.63, 3.8) is 0 Å². The minimum Gasteiger partial charge on any atom is -0.350 e. The lowest BCUT2D eigenvalue weighted by Crippen LogP contribution is -2.40. The lowest BCUT2D eigenvalue weighted by atomic mass is 10.0. The highest BCUT2D eigenvalue weighted by Gasteiger charge is 2.36. The molecular weight excluding hydrogens is 370 g/mol. The van der Waals surface area contributed by atoms with Crippen LogP contribution >= 0.6 is 0 Å². The Morgan fingerprint density at radius 3 is 2.31 bits per heavy atom. The van der Waals surface area contributed by atoms with E-state index in [0.29, 0.717) is 16.7 Å². The van der Waals surface area contributed by atoms with E-state index in [4.69, 9.17) is 0 Å². The molecule has 146 valence electrons. The molecule has 1 aliphatic rings. The summed E-state index contributed by atoms with van der Waals surface area (Å²) in [6.07, 6.45) is 0. The van der Waals surface area contributed by atoms with Gasteiger partial charge in [-0.15, -0.1) is 0 Å². The third-order valence-electron chi connectivity index (χ3n) is 5.28. The van der Waals surface area contributed by atoms with Gasteiger partial charge in [0, 0.05) is 12.1 Å². The molecule has 3 amide bonds. The van der Waals surface area contributed by atoms with Crippen molar-refractivity contribution in [3.8, 4) is 0 Å². The first-order chi connectivity index (χ1) is 13.9. The first kappa shape index (κ1) is 18.6. The zero-order valence-corrected chi connectivity index (χ0v) is 16.0. The summed E-state index contributed by atoms with van der Waals surface area (Å²) in [6, 6.07) is 12.1. The van der Waals surface area contributed by atoms with Crippen molar-refractivity contribution in [2.75, 3.05) is 6.54 Å². The molecule has 1 aliphatic heterocycles. The molecule has 0 saturated heterocycles. The van der Waals surface area contributed by atoms with E-state index in [0.717, 1.165) is 26.9 Å². The molecule has 0 unspecified atom stereocenters. The van der Waals surface area contributed by atoms with Crippen LogP contribution in [0, 0.1) is 13.8 Å². The highest BCUT2D eigenvalue weighted by Crippen LogP contribution is 2.22. The van der Waals surface area contributed by atoms with Crippen molar-refractivity contribution < 1.29 is 14.4 Å². The molecular formula is C22H19N3O4. The van der Waals surface area contributed by atoms with Crippen molar-refractivity contribution in [1.82, 2.24) is 15.2 Å². The summed E-state index contributed by atoms with van der Waals surface area (Å²) in [5, 5.41) is 3.49. The summed E-state index contributed by atoms with van der Waals surface area (Å²) in [4.78, 5) is 53.2. The molecule has 0 aliphatic carbocycles. The van der Waals surface area contributed by atoms with Gasteiger partial charge in [-0.05, 0) is 48.6 Å². The van der Waals surface area contributed by atoms with Gasteiger partial charge in [0.2, 0.25) is 5.91 Å². The number of imide groups is 1. The molecule has 0 atom stereocenters. The van der Waals surface area contributed by atoms with E-state index < -0.39 is 24.3 Å². The summed E-state index contributed by atoms with van der Waals surface area (Å²) in [6.45, 7) is 3.52. The lowest BCUT2D eigenvalue weighted by molar-refractivity contribution is -0.121. The number of rotatable bonds is 4. The first-order valence-corrected chi connectivity index (χ1v) is 9.21. The van der Waals surface area contributed by atoms with Gasteiger partial charge in [0.15, 0.2) is 0 Å². The van der Waals surface area contributed by atoms with Crippen LogP contribution < -0.4 is 10.9 Å². The highest BCUT2D eigenvalue weighted by atomic mass is 16.2. The first-order valence-electron chi connectivity index (χ1n) is 9.21. The van der Waals surface area contributed by atoms with Crippen LogP contribution in [-0.4, -0.2) is 34.2 Å². The second-order valence-electron chi connectivity index (χ2n) is 7.11. The molecule has 2 heterocycles. The van der Waals surface area contributed by atoms with E-state index in [-0.39, 0.29) is 12.1 Å². The third-order valence-corrected chi connectivity index (χ3v) is 5.28. The van der Waals surface area contributed by atoms with E-state index in [2.05, 4.69) is 10.3 Å². The van der Waals surface area contributed by atoms with Crippen LogP contribution in [0.5, 0.6) is 0 Å². The number of pyridine rings is 1. The molecule has 0 fully saturated rings. The topological polar surface area (TPSA) is 99.3 Å². The molecule has 2 N–H and O–H groups in total. The SMILES string of the molecule is Cc1ccc2cc(CNC(=O)CN3C(=O)c4ccccc4C3=O)c(=O)[nH]c2c1C. The molecule has 7 nitrogen and oxygen atoms in total. The number of hydrogen-bond donors (Lipinski definition) is 2. The van der Waals surface area contributed by atoms with Crippen molar-refractivity contribution in [2.45, 2.75) is 20.4 Å². The van der Waals surface area contributed by atoms with E-state index >= 15 is 0 Å². The smallest absolute Gasteiger partial charge is 0.262 e. The van der Waals surface area contributed by atoms with Gasteiger partial charge in [0.05, 0.1) is 16.6 Å². The molecule has 29 heavy (non-hydrogen) atoms. The average Bonchev–Trinajstić information content (AvgIpc) is 2.95. The average molecular weight is 389 g/mol. The fraction of sp³-hybridized carbons (Fsp3) is 0.182. The third kappa shape index (κ3) is 3.20. The zero-order chi connectivity index (χ0) is 20.7. The largest absolute Gasteiger partial charge is 0.350 e. The Kier molecular flexibility index (Phi) is 4.50. The van der Waals surface area contributed by atoms with Gasteiger partial charge in [-0.2, -0.15) is 0 Å². The van der Waals surface area contributed by atoms with Gasteiger partial charge >= 0.3 is 0 Å². The Balaban J connectivity index is 1.47. The minimum atomic E-state index is -0.515. The zero-order valence-electron chi connectivity index (χ0n) is 16.0. The Labute approximate surface area is 166 Å². The number of nitrogens with one attached hydrogen (secondary N) is 2. The summed E-state index contributed by atoms with van der Waals surface area (Å²) < 4.78 is 0. The number of fused-ring (bicyclic) bond motifs is 2. The van der Waals surface area contributed by atoms with Crippen LogP contribution in [0.3, 0.4) is 0 Å². The number of benzene rings is 2. The molecule has 0 spiro atoms. The number of aromatic amines is 1. The Bertz CT molecular complexity index is 1210. The minimum absolute atomic E-state index is 0.000198. The number of hydrogen-bond acceptors (Lipinski definition) is 4. The van der Waals surface area contributed by atoms with E-state index in [1.807, 2.05) is 26.0 Å². The van der Waals surface area contributed by atoms with Gasteiger partial charge in [-0.3, -0.25) is 24.1 Å². The Morgan fingerprint density at radius 2 is 1.66 bits per heavy atom. The molecule has 7 heteroatoms. The van der Waals surface area contributed by atoms with Crippen molar-refractivity contribution in [3.05, 3.63) is 80.6 Å². The van der Waals surface area contributed by atoms with Gasteiger partial charge in [0.1, 0.15) is 6.54 Å². The number of carbonyl (C=O) groups is 3. The number of aryl methyl sites for hydroxylation is 2. The molecule has 1 aromatic heterocycles. The molecule has 3 aromatic rings. The van der Waals surface area contributed by atoms with Crippen LogP contribution in [-0.2, 0) is 11.3 Å². The Hall–Kier alpha value is -3.74. The quantitative estimate of drug-likeness (QED) is 0.667. The molecule has 4 rings (SSSR count). The monoisotopic (exact) mass is 389 g/mol. The number of H-pyrrole nitrogens is 1. The van der Waals surface area contributed by atoms with Gasteiger partial charge in [-0.25, -0.2) is 0 Å². The second-order valence-corrected chi connectivity index (χ2v) is 7.11. The predicted molar refractivity (Wildman–Crippen MR) is 108 cm³/mol. The second kappa shape index (κ2) is 7.01. The van der Waals surface area contributed by atoms with Gasteiger partial charge < -0.3 is 10.3 Å². The van der Waals surface area contributed by atoms with Crippen LogP contribution in [0.25, 0.3) is 10.9 Å². The standard InChI is InChI=1S/C22H19N3O4/c1-12-7-8-14-9-15(20(27)24-19(14)13(12)2)10-23-18(26)11-25-21(28)16-5-3-4-6-17(16)22(25)29/h3-9H,10-11H2,1-2H3,(H,23,26)(H,24,27). The number of nitrogens with zero attached hydrogens (tertiary/aromatic N) is 1. The van der Waals surface area contributed by atoms with Crippen molar-refractivity contribution >= 4 is 28.6 Å². The Morgan fingerprint density at radius 1 is 1.00 bits per heavy atom. The van der Waals surface area contributed by atoms with Crippen LogP contribution in [0.2, 0.25) is 0 Å². The number of carbonyl (C=O) groups excluding carboxylic acids is 3. The van der Waals surface area contributed by atoms with E-state index in [9.17, 15) is 19.2 Å². The summed E-state index contributed by atoms with van der Waals surface area (Å²) in [5.74, 6) is -1.50. The number of aromatic nitrogens is 1. The van der Waals surface area contributed by atoms with Gasteiger partial charge in [0.25, 0.3) is 17.4 Å². The summed E-state index contributed by atoms with van der Waals surface area (Å²) in [5.41, 5.74) is 3.56. The summed E-state index contributed by atoms with van der Waals surface area (Å²) >= 11 is 0. The maximum Gasteiger partial charge on any atom is 0.262 e. The normalized spacial score (nSPS) is 13.1. The van der Waals surface area contributed by atoms with Crippen LogP contribution in [0.1, 0.15) is 37.4 Å². The van der Waals surface area contributed by atoms with Crippen LogP contribution in [0.15, 0.2) is 47.3 Å². The van der Waals surface area contributed by atoms with E-state index in [1.165, 1.54) is 0 Å². The molecule has 0 saturated carbocycles. The maximum atomic E-state index is 12.4. The lowest BCUT2D eigenvalue weighted by Gasteiger charge is -2.14. The fourth-order valence-corrected chi connectivity index (χ4v) is 3.48. The van der Waals surface area contributed by atoms with Crippen molar-refractivity contribution in [2.24, 2.45) is 0 Å². The van der Waals surface area contributed by atoms with Crippen LogP contribution in [0.4, 0.5) is 0 Å². The maximum absolute atomic E-state index is 12.4. The van der Waals surface area contributed by atoms with Crippen molar-refractivity contribution in [1.29, 1.82) is 0 Å².